The van der Waals surface area contributed by atoms with Gasteiger partial charge in [0.05, 0.1) is 0 Å². The summed E-state index contributed by atoms with van der Waals surface area (Å²) in [6, 6.07) is 19.1. The highest BCUT2D eigenvalue weighted by Crippen LogP contribution is 2.20. The van der Waals surface area contributed by atoms with Crippen molar-refractivity contribution in [2.24, 2.45) is 0 Å². The number of benzene rings is 2. The lowest BCUT2D eigenvalue weighted by Gasteiger charge is -2.14. The third-order valence-corrected chi connectivity index (χ3v) is 3.43. The summed E-state index contributed by atoms with van der Waals surface area (Å²) in [4.78, 5) is 0. The van der Waals surface area contributed by atoms with Crippen LogP contribution in [-0.2, 0) is 6.54 Å². The van der Waals surface area contributed by atoms with E-state index in [-0.39, 0.29) is 0 Å². The Hall–Kier alpha value is -1.17. The first-order chi connectivity index (χ1) is 8.25. The Balaban J connectivity index is 1.93. The van der Waals surface area contributed by atoms with Gasteiger partial charge in [0, 0.05) is 12.3 Å². The van der Waals surface area contributed by atoms with Crippen LogP contribution in [0.15, 0.2) is 54.6 Å². The highest BCUT2D eigenvalue weighted by molar-refractivity contribution is 7.17. The molecule has 2 aromatic carbocycles. The Morgan fingerprint density at radius 3 is 2.29 bits per heavy atom. The Morgan fingerprint density at radius 2 is 1.65 bits per heavy atom. The first kappa shape index (κ1) is 12.3. The summed E-state index contributed by atoms with van der Waals surface area (Å²) >= 11 is 0. The summed E-state index contributed by atoms with van der Waals surface area (Å²) in [5.74, 6) is 0.302. The third kappa shape index (κ3) is 3.66. The normalized spacial score (nSPS) is 12.4. The zero-order valence-corrected chi connectivity index (χ0v) is 11.2. The molecule has 0 aliphatic carbocycles. The molecule has 2 unspecified atom stereocenters. The molecule has 0 saturated carbocycles. The standard InChI is InChI=1S/C15H18NP/c1-12-7-9-14(10-8-12)15(17)16-11-13-5-3-2-4-6-13/h2-10,15-16H,11,17H2,1H3. The van der Waals surface area contributed by atoms with E-state index >= 15 is 0 Å². The predicted octanol–water partition coefficient (Wildman–Crippen LogP) is 3.66. The van der Waals surface area contributed by atoms with Gasteiger partial charge in [-0.3, -0.25) is 0 Å². The quantitative estimate of drug-likeness (QED) is 0.808. The average molecular weight is 243 g/mol. The second kappa shape index (κ2) is 5.95. The Morgan fingerprint density at radius 1 is 1.00 bits per heavy atom. The topological polar surface area (TPSA) is 12.0 Å². The third-order valence-electron chi connectivity index (χ3n) is 2.81. The molecule has 0 amide bonds. The van der Waals surface area contributed by atoms with Gasteiger partial charge in [0.15, 0.2) is 0 Å². The van der Waals surface area contributed by atoms with E-state index < -0.39 is 0 Å². The second-order valence-corrected chi connectivity index (χ2v) is 4.92. The molecule has 2 atom stereocenters. The first-order valence-corrected chi connectivity index (χ1v) is 6.52. The lowest BCUT2D eigenvalue weighted by Crippen LogP contribution is -2.15. The van der Waals surface area contributed by atoms with Gasteiger partial charge >= 0.3 is 0 Å². The Bertz CT molecular complexity index is 450. The second-order valence-electron chi connectivity index (χ2n) is 4.25. The van der Waals surface area contributed by atoms with Gasteiger partial charge in [-0.25, -0.2) is 0 Å². The van der Waals surface area contributed by atoms with Crippen molar-refractivity contribution in [3.8, 4) is 0 Å². The van der Waals surface area contributed by atoms with Gasteiger partial charge < -0.3 is 5.32 Å². The molecule has 17 heavy (non-hydrogen) atoms. The minimum atomic E-state index is 0.302. The highest BCUT2D eigenvalue weighted by atomic mass is 31.0. The molecule has 0 spiro atoms. The molecule has 2 heteroatoms. The molecule has 0 heterocycles. The van der Waals surface area contributed by atoms with Crippen molar-refractivity contribution < 1.29 is 0 Å². The maximum atomic E-state index is 3.50. The molecule has 0 fully saturated rings. The largest absolute Gasteiger partial charge is 0.303 e. The molecule has 0 aromatic heterocycles. The van der Waals surface area contributed by atoms with E-state index in [0.717, 1.165) is 6.54 Å². The number of nitrogens with one attached hydrogen (secondary N) is 1. The van der Waals surface area contributed by atoms with Crippen LogP contribution in [0.25, 0.3) is 0 Å². The van der Waals surface area contributed by atoms with Crippen molar-refractivity contribution >= 4 is 9.24 Å². The summed E-state index contributed by atoms with van der Waals surface area (Å²) in [5.41, 5.74) is 3.91. The molecular weight excluding hydrogens is 225 g/mol. The van der Waals surface area contributed by atoms with Gasteiger partial charge in [-0.15, -0.1) is 9.24 Å². The summed E-state index contributed by atoms with van der Waals surface area (Å²) in [6.07, 6.45) is 0. The van der Waals surface area contributed by atoms with Crippen molar-refractivity contribution in [2.45, 2.75) is 19.3 Å². The minimum Gasteiger partial charge on any atom is -0.303 e. The van der Waals surface area contributed by atoms with E-state index in [1.54, 1.807) is 0 Å². The SMILES string of the molecule is Cc1ccc(C(P)NCc2ccccc2)cc1. The monoisotopic (exact) mass is 243 g/mol. The van der Waals surface area contributed by atoms with Crippen LogP contribution >= 0.6 is 9.24 Å². The molecule has 1 N–H and O–H groups in total. The predicted molar refractivity (Wildman–Crippen MR) is 76.9 cm³/mol. The first-order valence-electron chi connectivity index (χ1n) is 5.85. The molecular formula is C15H18NP. The average Bonchev–Trinajstić information content (AvgIpc) is 2.38. The van der Waals surface area contributed by atoms with Crippen LogP contribution in [-0.4, -0.2) is 0 Å². The van der Waals surface area contributed by atoms with Crippen LogP contribution < -0.4 is 5.32 Å². The smallest absolute Gasteiger partial charge is 0.0466 e. The fourth-order valence-electron chi connectivity index (χ4n) is 1.72. The molecule has 1 nitrogen and oxygen atoms in total. The summed E-state index contributed by atoms with van der Waals surface area (Å²) in [6.45, 7) is 3.00. The number of aryl methyl sites for hydroxylation is 1. The molecule has 2 aromatic rings. The summed E-state index contributed by atoms with van der Waals surface area (Å²) in [5, 5.41) is 3.50. The van der Waals surface area contributed by atoms with E-state index in [2.05, 4.69) is 70.0 Å². The summed E-state index contributed by atoms with van der Waals surface area (Å²) in [7, 11) is 2.85. The van der Waals surface area contributed by atoms with Gasteiger partial charge in [0.25, 0.3) is 0 Å². The van der Waals surface area contributed by atoms with Crippen molar-refractivity contribution in [1.29, 1.82) is 0 Å². The lowest BCUT2D eigenvalue weighted by atomic mass is 10.1. The van der Waals surface area contributed by atoms with E-state index in [9.17, 15) is 0 Å². The number of rotatable bonds is 4. The Kier molecular flexibility index (Phi) is 4.30. The van der Waals surface area contributed by atoms with Crippen molar-refractivity contribution in [3.63, 3.8) is 0 Å². The number of hydrogen-bond donors (Lipinski definition) is 1. The molecule has 0 radical (unpaired) electrons. The Labute approximate surface area is 105 Å². The lowest BCUT2D eigenvalue weighted by molar-refractivity contribution is 0.677. The van der Waals surface area contributed by atoms with Crippen molar-refractivity contribution in [1.82, 2.24) is 5.32 Å². The van der Waals surface area contributed by atoms with Gasteiger partial charge in [0.1, 0.15) is 0 Å². The van der Waals surface area contributed by atoms with Crippen LogP contribution in [0.1, 0.15) is 22.5 Å². The maximum Gasteiger partial charge on any atom is 0.0466 e. The van der Waals surface area contributed by atoms with E-state index in [0.29, 0.717) is 5.78 Å². The van der Waals surface area contributed by atoms with Crippen molar-refractivity contribution in [3.05, 3.63) is 71.3 Å². The van der Waals surface area contributed by atoms with Gasteiger partial charge in [-0.1, -0.05) is 60.2 Å². The van der Waals surface area contributed by atoms with Gasteiger partial charge in [0.2, 0.25) is 0 Å². The molecule has 2 rings (SSSR count). The van der Waals surface area contributed by atoms with Gasteiger partial charge in [-0.05, 0) is 18.1 Å². The van der Waals surface area contributed by atoms with Crippen LogP contribution in [0.5, 0.6) is 0 Å². The molecule has 0 aliphatic rings. The molecule has 88 valence electrons. The van der Waals surface area contributed by atoms with Crippen LogP contribution in [0.2, 0.25) is 0 Å². The van der Waals surface area contributed by atoms with Crippen LogP contribution in [0.4, 0.5) is 0 Å². The fraction of sp³-hybridized carbons (Fsp3) is 0.200. The fourth-order valence-corrected chi connectivity index (χ4v) is 2.06. The van der Waals surface area contributed by atoms with E-state index in [1.807, 2.05) is 6.07 Å². The van der Waals surface area contributed by atoms with Gasteiger partial charge in [-0.2, -0.15) is 0 Å². The summed E-state index contributed by atoms with van der Waals surface area (Å²) < 4.78 is 0. The highest BCUT2D eigenvalue weighted by Gasteiger charge is 2.03. The molecule has 0 aliphatic heterocycles. The van der Waals surface area contributed by atoms with Crippen molar-refractivity contribution in [2.75, 3.05) is 0 Å². The molecule has 0 bridgehead atoms. The zero-order chi connectivity index (χ0) is 12.1. The molecule has 0 saturated heterocycles. The van der Waals surface area contributed by atoms with Crippen LogP contribution in [0, 0.1) is 6.92 Å². The van der Waals surface area contributed by atoms with Crippen LogP contribution in [0.3, 0.4) is 0 Å². The van der Waals surface area contributed by atoms with E-state index in [1.165, 1.54) is 16.7 Å². The maximum absolute atomic E-state index is 3.50. The number of hydrogen-bond acceptors (Lipinski definition) is 1. The zero-order valence-electron chi connectivity index (χ0n) is 10.1. The van der Waals surface area contributed by atoms with E-state index in [4.69, 9.17) is 0 Å². The minimum absolute atomic E-state index is 0.302.